The van der Waals surface area contributed by atoms with Gasteiger partial charge in [0.15, 0.2) is 0 Å². The molecule has 0 amide bonds. The largest absolute Gasteiger partial charge is 1.00 e. The molecule has 0 spiro atoms. The van der Waals surface area contributed by atoms with Crippen LogP contribution in [0.25, 0.3) is 0 Å². The predicted octanol–water partition coefficient (Wildman–Crippen LogP) is -2.44. The Bertz CT molecular complexity index is 572. The van der Waals surface area contributed by atoms with Crippen LogP contribution in [-0.4, -0.2) is 35.1 Å². The maximum absolute atomic E-state index is 10.8. The molecule has 1 aromatic carbocycles. The average molecular weight is 287 g/mol. The Morgan fingerprint density at radius 2 is 1.65 bits per heavy atom. The van der Waals surface area contributed by atoms with Crippen molar-refractivity contribution in [3.63, 3.8) is 0 Å². The molecule has 1 aromatic rings. The summed E-state index contributed by atoms with van der Waals surface area (Å²) in [4.78, 5) is 20.2. The van der Waals surface area contributed by atoms with Crippen molar-refractivity contribution in [2.75, 3.05) is 0 Å². The molecule has 0 fully saturated rings. The number of hydrogen-bond acceptors (Lipinski definition) is 4. The zero-order valence-corrected chi connectivity index (χ0v) is 12.6. The first kappa shape index (κ1) is 16.7. The number of rotatable bonds is 3. The van der Waals surface area contributed by atoms with Crippen LogP contribution in [0.3, 0.4) is 0 Å². The standard InChI is InChI=1S/C8H6O7S.K/c9-7(10)4-1-2-5(8(11)12)6(3-4)16(13,14)15;/h1-3H,(H,9,10)(H,11,12)(H,13,14,15);/q;+1/p+2. The molecule has 0 saturated carbocycles. The summed E-state index contributed by atoms with van der Waals surface area (Å²) in [7, 11) is -4.78. The molecule has 0 atom stereocenters. The van der Waals surface area contributed by atoms with E-state index in [1.165, 1.54) is 0 Å². The summed E-state index contributed by atoms with van der Waals surface area (Å²) in [5.41, 5.74) is -1.12. The SMILES string of the molecule is O=C(O)c1ccc(C(=O)O)c(S(=O)(=O)O)c1.[H+].[H+].[K+]. The molecule has 0 aromatic heterocycles. The van der Waals surface area contributed by atoms with Crippen LogP contribution in [0.5, 0.6) is 0 Å². The molecule has 17 heavy (non-hydrogen) atoms. The van der Waals surface area contributed by atoms with Crippen LogP contribution in [0, 0.1) is 0 Å². The van der Waals surface area contributed by atoms with Gasteiger partial charge in [0, 0.05) is 0 Å². The summed E-state index contributed by atoms with van der Waals surface area (Å²) in [5.74, 6) is -3.01. The van der Waals surface area contributed by atoms with E-state index in [0.717, 1.165) is 12.1 Å². The Morgan fingerprint density at radius 1 is 1.12 bits per heavy atom. The van der Waals surface area contributed by atoms with Crippen molar-refractivity contribution in [3.8, 4) is 0 Å². The minimum Gasteiger partial charge on any atom is -0.478 e. The van der Waals surface area contributed by atoms with Gasteiger partial charge in [-0.25, -0.2) is 9.59 Å². The second-order valence-corrected chi connectivity index (χ2v) is 4.19. The topological polar surface area (TPSA) is 129 Å². The van der Waals surface area contributed by atoms with Gasteiger partial charge < -0.3 is 10.2 Å². The third-order valence-electron chi connectivity index (χ3n) is 1.74. The molecule has 0 aliphatic rings. The van der Waals surface area contributed by atoms with Crippen LogP contribution in [0.15, 0.2) is 23.1 Å². The molecule has 0 unspecified atom stereocenters. The van der Waals surface area contributed by atoms with Crippen molar-refractivity contribution in [2.45, 2.75) is 4.90 Å². The zero-order chi connectivity index (χ0) is 12.5. The zero-order valence-electron chi connectivity index (χ0n) is 10.6. The van der Waals surface area contributed by atoms with Crippen LogP contribution in [-0.2, 0) is 10.1 Å². The van der Waals surface area contributed by atoms with Gasteiger partial charge in [-0.2, -0.15) is 8.42 Å². The van der Waals surface area contributed by atoms with E-state index in [4.69, 9.17) is 14.8 Å². The molecule has 7 nitrogen and oxygen atoms in total. The molecular formula is C8H8KO7S+3. The van der Waals surface area contributed by atoms with Crippen molar-refractivity contribution in [1.29, 1.82) is 0 Å². The van der Waals surface area contributed by atoms with Gasteiger partial charge in [0.05, 0.1) is 11.1 Å². The van der Waals surface area contributed by atoms with Gasteiger partial charge in [0.2, 0.25) is 0 Å². The van der Waals surface area contributed by atoms with E-state index < -0.39 is 38.1 Å². The number of hydrogen-bond donors (Lipinski definition) is 3. The Morgan fingerprint density at radius 3 is 2.00 bits per heavy atom. The average Bonchev–Trinajstić information content (AvgIpc) is 2.15. The number of carbonyl (C=O) groups is 2. The van der Waals surface area contributed by atoms with Crippen LogP contribution in [0.4, 0.5) is 0 Å². The quantitative estimate of drug-likeness (QED) is 0.416. The van der Waals surface area contributed by atoms with Gasteiger partial charge in [-0.05, 0) is 18.2 Å². The van der Waals surface area contributed by atoms with Gasteiger partial charge in [-0.3, -0.25) is 4.55 Å². The van der Waals surface area contributed by atoms with Crippen LogP contribution < -0.4 is 51.4 Å². The second-order valence-electron chi connectivity index (χ2n) is 2.80. The maximum Gasteiger partial charge on any atom is 1.00 e. The van der Waals surface area contributed by atoms with E-state index in [2.05, 4.69) is 0 Å². The Balaban J connectivity index is -0.000000853. The monoisotopic (exact) mass is 287 g/mol. The Hall–Kier alpha value is -0.294. The molecule has 86 valence electrons. The third kappa shape index (κ3) is 4.14. The minimum absolute atomic E-state index is 0. The maximum atomic E-state index is 10.8. The molecule has 0 radical (unpaired) electrons. The first-order chi connectivity index (χ1) is 7.23. The number of benzene rings is 1. The van der Waals surface area contributed by atoms with Crippen molar-refractivity contribution in [1.82, 2.24) is 0 Å². The van der Waals surface area contributed by atoms with E-state index in [0.29, 0.717) is 6.07 Å². The summed E-state index contributed by atoms with van der Waals surface area (Å²) in [6, 6.07) is 2.32. The normalized spacial score (nSPS) is 10.4. The van der Waals surface area contributed by atoms with E-state index in [1.807, 2.05) is 0 Å². The minimum atomic E-state index is -4.78. The van der Waals surface area contributed by atoms with Crippen molar-refractivity contribution >= 4 is 22.1 Å². The molecule has 0 heterocycles. The molecule has 0 saturated heterocycles. The van der Waals surface area contributed by atoms with Crippen molar-refractivity contribution in [2.24, 2.45) is 0 Å². The Kier molecular flexibility index (Phi) is 5.94. The fraction of sp³-hybridized carbons (Fsp3) is 0. The van der Waals surface area contributed by atoms with Crippen molar-refractivity contribution < 1.29 is 87.0 Å². The van der Waals surface area contributed by atoms with E-state index in [-0.39, 0.29) is 54.2 Å². The summed E-state index contributed by atoms with van der Waals surface area (Å²) < 4.78 is 30.4. The fourth-order valence-electron chi connectivity index (χ4n) is 1.05. The summed E-state index contributed by atoms with van der Waals surface area (Å²) >= 11 is 0. The van der Waals surface area contributed by atoms with E-state index in [1.54, 1.807) is 0 Å². The first-order valence-electron chi connectivity index (χ1n) is 3.81. The van der Waals surface area contributed by atoms with E-state index >= 15 is 0 Å². The molecule has 0 aliphatic carbocycles. The fourth-order valence-corrected chi connectivity index (χ4v) is 1.75. The molecule has 0 aliphatic heterocycles. The van der Waals surface area contributed by atoms with E-state index in [9.17, 15) is 18.0 Å². The van der Waals surface area contributed by atoms with Crippen LogP contribution in [0.1, 0.15) is 23.6 Å². The molecule has 9 heteroatoms. The number of aromatic carboxylic acids is 2. The van der Waals surface area contributed by atoms with Gasteiger partial charge in [-0.15, -0.1) is 0 Å². The Labute approximate surface area is 142 Å². The van der Waals surface area contributed by atoms with Gasteiger partial charge >= 0.3 is 66.2 Å². The van der Waals surface area contributed by atoms with Crippen LogP contribution >= 0.6 is 0 Å². The molecule has 1 rings (SSSR count). The van der Waals surface area contributed by atoms with Gasteiger partial charge in [-0.1, -0.05) is 0 Å². The summed E-state index contributed by atoms with van der Waals surface area (Å²) in [5, 5.41) is 17.2. The van der Waals surface area contributed by atoms with Gasteiger partial charge in [0.1, 0.15) is 4.90 Å². The number of carboxylic acids is 2. The third-order valence-corrected chi connectivity index (χ3v) is 2.63. The predicted molar refractivity (Wildman–Crippen MR) is 52.4 cm³/mol. The summed E-state index contributed by atoms with van der Waals surface area (Å²) in [6.07, 6.45) is 0. The van der Waals surface area contributed by atoms with Crippen LogP contribution in [0.2, 0.25) is 0 Å². The smallest absolute Gasteiger partial charge is 0.478 e. The molecule has 3 N–H and O–H groups in total. The molecular weight excluding hydrogens is 279 g/mol. The first-order valence-corrected chi connectivity index (χ1v) is 5.25. The number of carboxylic acid groups (broad SMARTS) is 2. The van der Waals surface area contributed by atoms with Gasteiger partial charge in [0.25, 0.3) is 10.1 Å². The summed E-state index contributed by atoms with van der Waals surface area (Å²) in [6.45, 7) is 0. The molecule has 0 bridgehead atoms. The second kappa shape index (κ2) is 6.04. The van der Waals surface area contributed by atoms with Crippen molar-refractivity contribution in [3.05, 3.63) is 29.3 Å².